The van der Waals surface area contributed by atoms with Crippen molar-refractivity contribution in [1.82, 2.24) is 0 Å². The van der Waals surface area contributed by atoms with Gasteiger partial charge in [0.15, 0.2) is 0 Å². The van der Waals surface area contributed by atoms with E-state index in [0.717, 1.165) is 34.0 Å². The van der Waals surface area contributed by atoms with E-state index in [4.69, 9.17) is 6.42 Å². The van der Waals surface area contributed by atoms with Crippen LogP contribution in [0.5, 0.6) is 0 Å². The number of rotatable bonds is 0. The van der Waals surface area contributed by atoms with Crippen LogP contribution < -0.4 is 0 Å². The minimum absolute atomic E-state index is 0.487. The first kappa shape index (κ1) is 32.8. The van der Waals surface area contributed by atoms with Crippen LogP contribution in [-0.4, -0.2) is 0 Å². The van der Waals surface area contributed by atoms with Crippen LogP contribution in [0.4, 0.5) is 0 Å². The Bertz CT molecular complexity index is 2200. The van der Waals surface area contributed by atoms with Gasteiger partial charge < -0.3 is 0 Å². The normalized spacial score (nSPS) is 18.8. The van der Waals surface area contributed by atoms with Gasteiger partial charge in [0.1, 0.15) is 0 Å². The van der Waals surface area contributed by atoms with Crippen LogP contribution in [0.3, 0.4) is 0 Å². The van der Waals surface area contributed by atoms with Crippen LogP contribution in [0.1, 0.15) is 24.0 Å². The molecular weight excluding hydrogens is 768 g/mol. The maximum Gasteiger partial charge on any atom is 0.0366 e. The number of hydrogen-bond donors (Lipinski definition) is 0. The molecule has 0 amide bonds. The average molecular weight is 799 g/mol. The highest BCUT2D eigenvalue weighted by molar-refractivity contribution is 9.15. The molecule has 47 heavy (non-hydrogen) atoms. The summed E-state index contributed by atoms with van der Waals surface area (Å²) < 4.78 is 3.50. The van der Waals surface area contributed by atoms with Crippen LogP contribution in [0, 0.1) is 36.0 Å². The summed E-state index contributed by atoms with van der Waals surface area (Å²) in [4.78, 5) is 0. The second-order valence-corrected chi connectivity index (χ2v) is 13.8. The van der Waals surface area contributed by atoms with Gasteiger partial charge in [0, 0.05) is 42.0 Å². The van der Waals surface area contributed by atoms with Gasteiger partial charge in [0.25, 0.3) is 0 Å². The molecule has 4 aromatic rings. The molecule has 4 aliphatic rings. The van der Waals surface area contributed by atoms with E-state index >= 15 is 0 Å². The fourth-order valence-electron chi connectivity index (χ4n) is 5.79. The van der Waals surface area contributed by atoms with Crippen LogP contribution in [-0.2, 0) is 0 Å². The van der Waals surface area contributed by atoms with E-state index in [1.165, 1.54) is 41.7 Å². The number of benzene rings is 4. The molecule has 0 saturated heterocycles. The second kappa shape index (κ2) is 15.6. The summed E-state index contributed by atoms with van der Waals surface area (Å²) in [6, 6.07) is 29.0. The zero-order chi connectivity index (χ0) is 32.6. The van der Waals surface area contributed by atoms with Crippen molar-refractivity contribution in [3.05, 3.63) is 187 Å². The maximum atomic E-state index is 5.29. The van der Waals surface area contributed by atoms with Crippen LogP contribution in [0.25, 0.3) is 21.5 Å². The summed E-state index contributed by atoms with van der Waals surface area (Å²) >= 11 is 10.8. The highest BCUT2D eigenvalue weighted by Gasteiger charge is 2.20. The molecule has 228 valence electrons. The lowest BCUT2D eigenvalue weighted by atomic mass is 9.86. The summed E-state index contributed by atoms with van der Waals surface area (Å²) in [6.07, 6.45) is 29.1. The molecule has 0 N–H and O–H groups in total. The summed E-state index contributed by atoms with van der Waals surface area (Å²) in [5.41, 5.74) is 5.79. The number of terminal acetylenes is 1. The van der Waals surface area contributed by atoms with E-state index in [9.17, 15) is 0 Å². The van der Waals surface area contributed by atoms with Gasteiger partial charge in [0.2, 0.25) is 0 Å². The maximum absolute atomic E-state index is 5.29. The van der Waals surface area contributed by atoms with Crippen molar-refractivity contribution >= 4 is 69.3 Å². The van der Waals surface area contributed by atoms with Crippen molar-refractivity contribution in [1.29, 1.82) is 0 Å². The molecule has 2 atom stereocenters. The Hall–Kier alpha value is -4.12. The second-order valence-electron chi connectivity index (χ2n) is 11.4. The molecule has 4 aliphatic carbocycles. The Morgan fingerprint density at radius 1 is 0.553 bits per heavy atom. The number of hydrogen-bond acceptors (Lipinski definition) is 0. The predicted octanol–water partition coefficient (Wildman–Crippen LogP) is 12.8. The smallest absolute Gasteiger partial charge is 0.0366 e. The molecule has 4 aromatic carbocycles. The highest BCUT2D eigenvalue weighted by atomic mass is 79.9. The first-order valence-corrected chi connectivity index (χ1v) is 17.9. The molecule has 0 bridgehead atoms. The topological polar surface area (TPSA) is 0 Å². The fourth-order valence-corrected chi connectivity index (χ4v) is 7.48. The number of allylic oxidation sites excluding steroid dienone is 16. The van der Waals surface area contributed by atoms with Gasteiger partial charge in [-0.25, -0.2) is 0 Å². The first-order valence-electron chi connectivity index (χ1n) is 15.5. The van der Waals surface area contributed by atoms with E-state index in [2.05, 4.69) is 181 Å². The van der Waals surface area contributed by atoms with Crippen LogP contribution in [0.2, 0.25) is 0 Å². The van der Waals surface area contributed by atoms with Crippen molar-refractivity contribution in [3.63, 3.8) is 0 Å². The van der Waals surface area contributed by atoms with Gasteiger partial charge in [-0.05, 0) is 118 Å². The van der Waals surface area contributed by atoms with Crippen molar-refractivity contribution in [2.45, 2.75) is 12.8 Å². The van der Waals surface area contributed by atoms with E-state index in [1.54, 1.807) is 0 Å². The third kappa shape index (κ3) is 8.06. The lowest BCUT2D eigenvalue weighted by Gasteiger charge is -2.22. The summed E-state index contributed by atoms with van der Waals surface area (Å²) in [7, 11) is 0. The summed E-state index contributed by atoms with van der Waals surface area (Å²) in [5.74, 6) is 10.3. The third-order valence-corrected chi connectivity index (χ3v) is 11.4. The molecule has 0 radical (unpaired) electrons. The highest BCUT2D eigenvalue weighted by Crippen LogP contribution is 2.39. The Morgan fingerprint density at radius 3 is 1.70 bits per heavy atom. The molecular formula is C44H31Br3. The van der Waals surface area contributed by atoms with Crippen LogP contribution in [0.15, 0.2) is 176 Å². The molecule has 0 fully saturated rings. The molecule has 0 aromatic heterocycles. The quantitative estimate of drug-likeness (QED) is 0.155. The van der Waals surface area contributed by atoms with Crippen molar-refractivity contribution in [3.8, 4) is 24.2 Å². The minimum Gasteiger partial charge on any atom is -0.115 e. The molecule has 0 heterocycles. The molecule has 0 saturated carbocycles. The zero-order valence-electron chi connectivity index (χ0n) is 25.6. The number of halogens is 3. The Kier molecular flexibility index (Phi) is 10.9. The van der Waals surface area contributed by atoms with Gasteiger partial charge in [0.05, 0.1) is 0 Å². The molecule has 0 spiro atoms. The average Bonchev–Trinajstić information content (AvgIpc) is 3.13. The zero-order valence-corrected chi connectivity index (χ0v) is 30.4. The molecule has 3 heteroatoms. The SMILES string of the molecule is BrC1=C2C=CC=CC2CC=C1C#Cc1ccc2ccccc2c1.BrC1=CCC2C=CC=CC2=C1Br.C#Cc1ccc2ccccc2c1. The lowest BCUT2D eigenvalue weighted by Crippen LogP contribution is -2.07. The third-order valence-electron chi connectivity index (χ3n) is 8.35. The number of fused-ring (bicyclic) bond motifs is 4. The van der Waals surface area contributed by atoms with E-state index in [0.29, 0.717) is 11.8 Å². The van der Waals surface area contributed by atoms with E-state index in [1.807, 2.05) is 30.3 Å². The fraction of sp³-hybridized carbons (Fsp3) is 0.0909. The van der Waals surface area contributed by atoms with Crippen LogP contribution >= 0.6 is 47.8 Å². The van der Waals surface area contributed by atoms with Gasteiger partial charge in [-0.3, -0.25) is 0 Å². The molecule has 0 nitrogen and oxygen atoms in total. The monoisotopic (exact) mass is 796 g/mol. The molecule has 0 aliphatic heterocycles. The largest absolute Gasteiger partial charge is 0.115 e. The molecule has 8 rings (SSSR count). The minimum atomic E-state index is 0.487. The van der Waals surface area contributed by atoms with Gasteiger partial charge in [-0.15, -0.1) is 6.42 Å². The molecule has 2 unspecified atom stereocenters. The Morgan fingerprint density at radius 2 is 1.09 bits per heavy atom. The van der Waals surface area contributed by atoms with Crippen molar-refractivity contribution in [2.75, 3.05) is 0 Å². The van der Waals surface area contributed by atoms with Gasteiger partial charge in [-0.2, -0.15) is 0 Å². The Labute approximate surface area is 303 Å². The van der Waals surface area contributed by atoms with E-state index in [-0.39, 0.29) is 0 Å². The van der Waals surface area contributed by atoms with Crippen molar-refractivity contribution in [2.24, 2.45) is 11.8 Å². The lowest BCUT2D eigenvalue weighted by molar-refractivity contribution is 0.774. The predicted molar refractivity (Wildman–Crippen MR) is 212 cm³/mol. The summed E-state index contributed by atoms with van der Waals surface area (Å²) in [5, 5.41) is 4.92. The van der Waals surface area contributed by atoms with Crippen molar-refractivity contribution < 1.29 is 0 Å². The Balaban J connectivity index is 0.000000136. The van der Waals surface area contributed by atoms with Gasteiger partial charge in [-0.1, -0.05) is 139 Å². The standard InChI is InChI=1S/C22H15Br.C12H8.C10H8Br2/c23-22-19(14-13-18-6-3-4-8-21(18)22)12-10-16-9-11-17-5-1-2-7-20(17)15-16;1-2-10-7-8-11-5-3-4-6-12(11)9-10;11-9-6-5-7-3-1-2-4-8(7)10(9)12/h1-9,11,14-15,18H,13H2;1,3-9H;1-4,6-7H,5H2. The van der Waals surface area contributed by atoms with E-state index < -0.39 is 0 Å². The van der Waals surface area contributed by atoms with Gasteiger partial charge >= 0.3 is 0 Å². The first-order chi connectivity index (χ1) is 23.0. The summed E-state index contributed by atoms with van der Waals surface area (Å²) in [6.45, 7) is 0.